The van der Waals surface area contributed by atoms with Gasteiger partial charge in [-0.3, -0.25) is 4.79 Å². The number of benzene rings is 2. The zero-order valence-electron chi connectivity index (χ0n) is 13.9. The zero-order chi connectivity index (χ0) is 18.2. The van der Waals surface area contributed by atoms with Crippen LogP contribution in [0.5, 0.6) is 17.2 Å². The number of rotatable bonds is 7. The van der Waals surface area contributed by atoms with Crippen LogP contribution < -0.4 is 14.2 Å². The molecule has 0 saturated carbocycles. The Bertz CT molecular complexity index is 817. The van der Waals surface area contributed by atoms with E-state index in [0.717, 1.165) is 0 Å². The third-order valence-electron chi connectivity index (χ3n) is 3.35. The molecule has 0 aromatic heterocycles. The topological polar surface area (TPSA) is 44.8 Å². The molecule has 128 valence electrons. The molecule has 0 N–H and O–H groups in total. The van der Waals surface area contributed by atoms with E-state index in [1.165, 1.54) is 13.2 Å². The Morgan fingerprint density at radius 2 is 1.92 bits per heavy atom. The predicted molar refractivity (Wildman–Crippen MR) is 98.7 cm³/mol. The van der Waals surface area contributed by atoms with Crippen LogP contribution in [-0.2, 0) is 0 Å². The first-order valence-electron chi connectivity index (χ1n) is 7.39. The summed E-state index contributed by atoms with van der Waals surface area (Å²) in [5, 5.41) is 0.353. The van der Waals surface area contributed by atoms with Gasteiger partial charge < -0.3 is 14.2 Å². The molecule has 25 heavy (non-hydrogen) atoms. The lowest BCUT2D eigenvalue weighted by molar-refractivity contribution is 0.104. The number of carbonyl (C=O) groups is 1. The Hall–Kier alpha value is -2.90. The number of hydrogen-bond donors (Lipinski definition) is 0. The van der Waals surface area contributed by atoms with Crippen molar-refractivity contribution >= 4 is 23.5 Å². The molecule has 0 amide bonds. The molecule has 2 aromatic carbocycles. The van der Waals surface area contributed by atoms with Crippen LogP contribution in [0.4, 0.5) is 0 Å². The van der Waals surface area contributed by atoms with E-state index in [1.807, 2.05) is 0 Å². The van der Waals surface area contributed by atoms with Gasteiger partial charge in [-0.2, -0.15) is 0 Å². The Balaban J connectivity index is 2.20. The molecule has 0 bridgehead atoms. The predicted octanol–water partition coefficient (Wildman–Crippen LogP) is 4.27. The molecule has 4 nitrogen and oxygen atoms in total. The number of hydrogen-bond acceptors (Lipinski definition) is 4. The fourth-order valence-corrected chi connectivity index (χ4v) is 2.39. The molecule has 0 saturated heterocycles. The third-order valence-corrected chi connectivity index (χ3v) is 3.63. The van der Waals surface area contributed by atoms with Gasteiger partial charge in [0.25, 0.3) is 0 Å². The van der Waals surface area contributed by atoms with Crippen LogP contribution in [0, 0.1) is 12.3 Å². The minimum absolute atomic E-state index is 0.0845. The van der Waals surface area contributed by atoms with Crippen molar-refractivity contribution < 1.29 is 19.0 Å². The van der Waals surface area contributed by atoms with Gasteiger partial charge in [0, 0.05) is 5.56 Å². The molecule has 0 fully saturated rings. The normalized spacial score (nSPS) is 10.3. The first kappa shape index (κ1) is 18.4. The van der Waals surface area contributed by atoms with Crippen LogP contribution in [0.3, 0.4) is 0 Å². The van der Waals surface area contributed by atoms with E-state index in [4.69, 9.17) is 32.2 Å². The number of carbonyl (C=O) groups excluding carboxylic acids is 1. The van der Waals surface area contributed by atoms with E-state index < -0.39 is 0 Å². The minimum Gasteiger partial charge on any atom is -0.497 e. The quantitative estimate of drug-likeness (QED) is 0.422. The average Bonchev–Trinajstić information content (AvgIpc) is 2.64. The first-order chi connectivity index (χ1) is 12.1. The highest BCUT2D eigenvalue weighted by atomic mass is 35.5. The molecule has 0 spiro atoms. The van der Waals surface area contributed by atoms with Gasteiger partial charge in [0.15, 0.2) is 17.3 Å². The lowest BCUT2D eigenvalue weighted by Gasteiger charge is -2.11. The highest BCUT2D eigenvalue weighted by molar-refractivity contribution is 6.32. The smallest absolute Gasteiger partial charge is 0.185 e. The molecule has 0 aliphatic rings. The van der Waals surface area contributed by atoms with Crippen molar-refractivity contribution in [1.29, 1.82) is 0 Å². The van der Waals surface area contributed by atoms with Crippen molar-refractivity contribution in [2.24, 2.45) is 0 Å². The standard InChI is InChI=1S/C20H17ClO4/c1-4-11-25-20-17(21)12-14(13-19(20)24-3)5-10-18(22)15-6-8-16(23-2)9-7-15/h1,5-10,12-13H,11H2,2-3H3/b10-5+. The molecule has 0 heterocycles. The van der Waals surface area contributed by atoms with Crippen LogP contribution in [0.25, 0.3) is 6.08 Å². The summed E-state index contributed by atoms with van der Waals surface area (Å²) in [6.45, 7) is 0.0845. The van der Waals surface area contributed by atoms with Crippen molar-refractivity contribution in [1.82, 2.24) is 0 Å². The van der Waals surface area contributed by atoms with E-state index in [9.17, 15) is 4.79 Å². The maximum atomic E-state index is 12.2. The van der Waals surface area contributed by atoms with Crippen LogP contribution in [-0.4, -0.2) is 26.6 Å². The lowest BCUT2D eigenvalue weighted by atomic mass is 10.1. The second-order valence-electron chi connectivity index (χ2n) is 4.95. The summed E-state index contributed by atoms with van der Waals surface area (Å²) >= 11 is 6.21. The Kier molecular flexibility index (Phi) is 6.50. The highest BCUT2D eigenvalue weighted by Gasteiger charge is 2.11. The minimum atomic E-state index is -0.134. The van der Waals surface area contributed by atoms with Crippen LogP contribution in [0.2, 0.25) is 5.02 Å². The summed E-state index contributed by atoms with van der Waals surface area (Å²) < 4.78 is 15.7. The molecule has 5 heteroatoms. The molecule has 0 unspecified atom stereocenters. The second-order valence-corrected chi connectivity index (χ2v) is 5.36. The monoisotopic (exact) mass is 356 g/mol. The Morgan fingerprint density at radius 3 is 2.52 bits per heavy atom. The van der Waals surface area contributed by atoms with Crippen molar-refractivity contribution in [3.8, 4) is 29.6 Å². The zero-order valence-corrected chi connectivity index (χ0v) is 14.7. The molecule has 0 aliphatic carbocycles. The average molecular weight is 357 g/mol. The number of halogens is 1. The van der Waals surface area contributed by atoms with Crippen molar-refractivity contribution in [2.75, 3.05) is 20.8 Å². The number of ether oxygens (including phenoxy) is 3. The molecule has 2 aromatic rings. The van der Waals surface area contributed by atoms with E-state index in [-0.39, 0.29) is 12.4 Å². The number of methoxy groups -OCH3 is 2. The molecule has 2 rings (SSSR count). The van der Waals surface area contributed by atoms with E-state index in [2.05, 4.69) is 5.92 Å². The molecule has 0 atom stereocenters. The maximum absolute atomic E-state index is 12.2. The summed E-state index contributed by atoms with van der Waals surface area (Å²) in [6, 6.07) is 10.3. The van der Waals surface area contributed by atoms with Crippen molar-refractivity contribution in [3.63, 3.8) is 0 Å². The van der Waals surface area contributed by atoms with E-state index in [0.29, 0.717) is 33.4 Å². The lowest BCUT2D eigenvalue weighted by Crippen LogP contribution is -1.98. The van der Waals surface area contributed by atoms with Crippen LogP contribution in [0.1, 0.15) is 15.9 Å². The molecular formula is C20H17ClO4. The van der Waals surface area contributed by atoms with Crippen molar-refractivity contribution in [2.45, 2.75) is 0 Å². The summed E-state index contributed by atoms with van der Waals surface area (Å²) in [5.41, 5.74) is 1.26. The fraction of sp³-hybridized carbons (Fsp3) is 0.150. The number of allylic oxidation sites excluding steroid dienone is 1. The molecule has 0 radical (unpaired) electrons. The second kappa shape index (κ2) is 8.81. The van der Waals surface area contributed by atoms with Crippen molar-refractivity contribution in [3.05, 3.63) is 58.6 Å². The van der Waals surface area contributed by atoms with Gasteiger partial charge in [-0.05, 0) is 48.0 Å². The van der Waals surface area contributed by atoms with Crippen LogP contribution >= 0.6 is 11.6 Å². The molecular weight excluding hydrogens is 340 g/mol. The van der Waals surface area contributed by atoms with E-state index in [1.54, 1.807) is 49.6 Å². The number of terminal acetylenes is 1. The maximum Gasteiger partial charge on any atom is 0.185 e. The summed E-state index contributed by atoms with van der Waals surface area (Å²) in [7, 11) is 3.08. The van der Waals surface area contributed by atoms with Gasteiger partial charge in [-0.1, -0.05) is 23.6 Å². The summed E-state index contributed by atoms with van der Waals surface area (Å²) in [4.78, 5) is 12.2. The van der Waals surface area contributed by atoms with Gasteiger partial charge in [0.2, 0.25) is 0 Å². The first-order valence-corrected chi connectivity index (χ1v) is 7.77. The fourth-order valence-electron chi connectivity index (χ4n) is 2.11. The SMILES string of the molecule is C#CCOc1c(Cl)cc(/C=C/C(=O)c2ccc(OC)cc2)cc1OC. The van der Waals surface area contributed by atoms with Gasteiger partial charge in [0.05, 0.1) is 19.2 Å². The Labute approximate surface area is 152 Å². The van der Waals surface area contributed by atoms with E-state index >= 15 is 0 Å². The summed E-state index contributed by atoms with van der Waals surface area (Å²) in [6.07, 6.45) is 8.31. The molecule has 0 aliphatic heterocycles. The van der Waals surface area contributed by atoms with Gasteiger partial charge in [-0.15, -0.1) is 6.42 Å². The van der Waals surface area contributed by atoms with Gasteiger partial charge >= 0.3 is 0 Å². The largest absolute Gasteiger partial charge is 0.497 e. The number of ketones is 1. The highest BCUT2D eigenvalue weighted by Crippen LogP contribution is 2.36. The van der Waals surface area contributed by atoms with Gasteiger partial charge in [-0.25, -0.2) is 0 Å². The summed E-state index contributed by atoms with van der Waals surface area (Å²) in [5.74, 6) is 3.75. The Morgan fingerprint density at radius 1 is 1.20 bits per heavy atom. The van der Waals surface area contributed by atoms with Gasteiger partial charge in [0.1, 0.15) is 12.4 Å². The van der Waals surface area contributed by atoms with Crippen LogP contribution in [0.15, 0.2) is 42.5 Å². The third kappa shape index (κ3) is 4.79.